The van der Waals surface area contributed by atoms with Crippen molar-refractivity contribution in [3.05, 3.63) is 59.2 Å². The number of thiophene rings is 1. The summed E-state index contributed by atoms with van der Waals surface area (Å²) in [6.07, 6.45) is 0. The van der Waals surface area contributed by atoms with Crippen LogP contribution in [-0.4, -0.2) is 0 Å². The van der Waals surface area contributed by atoms with Gasteiger partial charge in [0, 0.05) is 27.4 Å². The molecule has 0 spiro atoms. The minimum Gasteiger partial charge on any atom is -0.489 e. The first-order valence-electron chi connectivity index (χ1n) is 5.86. The maximum atomic E-state index is 13.0. The van der Waals surface area contributed by atoms with Crippen LogP contribution in [0, 0.1) is 5.82 Å². The van der Waals surface area contributed by atoms with Crippen molar-refractivity contribution in [3.63, 3.8) is 0 Å². The van der Waals surface area contributed by atoms with Crippen LogP contribution in [0.2, 0.25) is 0 Å². The third kappa shape index (κ3) is 2.53. The van der Waals surface area contributed by atoms with Gasteiger partial charge in [0.2, 0.25) is 0 Å². The Morgan fingerprint density at radius 2 is 2.05 bits per heavy atom. The van der Waals surface area contributed by atoms with Gasteiger partial charge in [-0.2, -0.15) is 0 Å². The summed E-state index contributed by atoms with van der Waals surface area (Å²) in [7, 11) is 0. The Hall–Kier alpha value is -2.07. The van der Waals surface area contributed by atoms with Gasteiger partial charge in [-0.05, 0) is 35.7 Å². The highest BCUT2D eigenvalue weighted by Crippen LogP contribution is 2.28. The highest BCUT2D eigenvalue weighted by Gasteiger charge is 2.05. The fraction of sp³-hybridized carbons (Fsp3) is 0.0667. The summed E-state index contributed by atoms with van der Waals surface area (Å²) in [6, 6.07) is 12.0. The van der Waals surface area contributed by atoms with E-state index >= 15 is 0 Å². The summed E-state index contributed by atoms with van der Waals surface area (Å²) in [6.45, 7) is 0.410. The van der Waals surface area contributed by atoms with Crippen LogP contribution in [0.3, 0.4) is 0 Å². The number of anilines is 1. The number of rotatable bonds is 3. The van der Waals surface area contributed by atoms with Crippen molar-refractivity contribution in [2.75, 3.05) is 5.73 Å². The lowest BCUT2D eigenvalue weighted by molar-refractivity contribution is 0.306. The van der Waals surface area contributed by atoms with Crippen LogP contribution < -0.4 is 10.5 Å². The minimum atomic E-state index is -0.295. The second-order valence-electron chi connectivity index (χ2n) is 4.26. The van der Waals surface area contributed by atoms with E-state index in [1.165, 1.54) is 16.8 Å². The molecule has 0 saturated carbocycles. The molecule has 2 N–H and O–H groups in total. The molecule has 96 valence electrons. The first-order valence-corrected chi connectivity index (χ1v) is 6.74. The van der Waals surface area contributed by atoms with Gasteiger partial charge < -0.3 is 10.5 Å². The van der Waals surface area contributed by atoms with E-state index in [0.29, 0.717) is 12.4 Å². The molecule has 0 aliphatic rings. The minimum absolute atomic E-state index is 0.295. The molecular formula is C15H12FNOS. The van der Waals surface area contributed by atoms with Gasteiger partial charge in [0.1, 0.15) is 18.2 Å². The Labute approximate surface area is 114 Å². The van der Waals surface area contributed by atoms with E-state index in [1.807, 2.05) is 23.6 Å². The van der Waals surface area contributed by atoms with Crippen LogP contribution in [-0.2, 0) is 6.61 Å². The number of halogens is 1. The number of benzene rings is 2. The molecule has 0 aliphatic heterocycles. The summed E-state index contributed by atoms with van der Waals surface area (Å²) in [5, 5.41) is 3.14. The summed E-state index contributed by atoms with van der Waals surface area (Å²) < 4.78 is 19.8. The number of hydrogen-bond acceptors (Lipinski definition) is 3. The fourth-order valence-electron chi connectivity index (χ4n) is 1.93. The van der Waals surface area contributed by atoms with Crippen molar-refractivity contribution >= 4 is 27.1 Å². The third-order valence-corrected chi connectivity index (χ3v) is 3.88. The van der Waals surface area contributed by atoms with Crippen LogP contribution in [0.15, 0.2) is 47.8 Å². The van der Waals surface area contributed by atoms with Crippen molar-refractivity contribution in [2.45, 2.75) is 6.61 Å². The summed E-state index contributed by atoms with van der Waals surface area (Å²) in [5.74, 6) is 0.236. The monoisotopic (exact) mass is 273 g/mol. The average molecular weight is 273 g/mol. The zero-order chi connectivity index (χ0) is 13.2. The van der Waals surface area contributed by atoms with Crippen LogP contribution >= 0.6 is 11.3 Å². The number of hydrogen-bond donors (Lipinski definition) is 1. The molecule has 0 bridgehead atoms. The number of nitrogens with two attached hydrogens (primary N) is 1. The zero-order valence-corrected chi connectivity index (χ0v) is 10.9. The van der Waals surface area contributed by atoms with Crippen LogP contribution in [0.1, 0.15) is 5.56 Å². The SMILES string of the molecule is Nc1ccc2scc(COc3cccc(F)c3)c2c1. The normalized spacial score (nSPS) is 10.8. The molecule has 0 unspecified atom stereocenters. The molecule has 4 heteroatoms. The Morgan fingerprint density at radius 1 is 1.16 bits per heavy atom. The quantitative estimate of drug-likeness (QED) is 0.726. The Morgan fingerprint density at radius 3 is 2.89 bits per heavy atom. The first kappa shape index (κ1) is 12.0. The molecule has 0 amide bonds. The largest absolute Gasteiger partial charge is 0.489 e. The molecule has 2 nitrogen and oxygen atoms in total. The van der Waals surface area contributed by atoms with E-state index in [2.05, 4.69) is 0 Å². The Kier molecular flexibility index (Phi) is 3.09. The van der Waals surface area contributed by atoms with E-state index in [0.717, 1.165) is 16.6 Å². The molecule has 3 aromatic rings. The van der Waals surface area contributed by atoms with Crippen molar-refractivity contribution in [2.24, 2.45) is 0 Å². The maximum Gasteiger partial charge on any atom is 0.126 e. The molecule has 2 aromatic carbocycles. The lowest BCUT2D eigenvalue weighted by atomic mass is 10.2. The number of ether oxygens (including phenoxy) is 1. The van der Waals surface area contributed by atoms with Crippen LogP contribution in [0.4, 0.5) is 10.1 Å². The molecule has 1 aromatic heterocycles. The summed E-state index contributed by atoms with van der Waals surface area (Å²) in [4.78, 5) is 0. The van der Waals surface area contributed by atoms with Gasteiger partial charge >= 0.3 is 0 Å². The molecule has 0 saturated heterocycles. The number of fused-ring (bicyclic) bond motifs is 1. The molecule has 3 rings (SSSR count). The van der Waals surface area contributed by atoms with Gasteiger partial charge in [0.15, 0.2) is 0 Å². The highest BCUT2D eigenvalue weighted by molar-refractivity contribution is 7.17. The van der Waals surface area contributed by atoms with Gasteiger partial charge in [-0.1, -0.05) is 6.07 Å². The van der Waals surface area contributed by atoms with Gasteiger partial charge in [0.05, 0.1) is 0 Å². The highest BCUT2D eigenvalue weighted by atomic mass is 32.1. The average Bonchev–Trinajstić information content (AvgIpc) is 2.79. The second-order valence-corrected chi connectivity index (χ2v) is 5.17. The zero-order valence-electron chi connectivity index (χ0n) is 10.1. The van der Waals surface area contributed by atoms with E-state index in [-0.39, 0.29) is 5.82 Å². The lowest BCUT2D eigenvalue weighted by Gasteiger charge is -2.05. The van der Waals surface area contributed by atoms with E-state index in [9.17, 15) is 4.39 Å². The standard InChI is InChI=1S/C15H12FNOS/c16-11-2-1-3-13(6-11)18-8-10-9-19-15-5-4-12(17)7-14(10)15/h1-7,9H,8,17H2. The molecule has 19 heavy (non-hydrogen) atoms. The Balaban J connectivity index is 1.84. The van der Waals surface area contributed by atoms with Gasteiger partial charge in [-0.15, -0.1) is 11.3 Å². The smallest absolute Gasteiger partial charge is 0.126 e. The predicted octanol–water partition coefficient (Wildman–Crippen LogP) is 4.20. The molecule has 0 atom stereocenters. The topological polar surface area (TPSA) is 35.2 Å². The van der Waals surface area contributed by atoms with Gasteiger partial charge in [0.25, 0.3) is 0 Å². The molecular weight excluding hydrogens is 261 g/mol. The second kappa shape index (κ2) is 4.90. The molecule has 0 radical (unpaired) electrons. The molecule has 1 heterocycles. The molecule has 0 fully saturated rings. The van der Waals surface area contributed by atoms with E-state index < -0.39 is 0 Å². The number of nitrogen functional groups attached to an aromatic ring is 1. The van der Waals surface area contributed by atoms with Crippen molar-refractivity contribution in [1.29, 1.82) is 0 Å². The van der Waals surface area contributed by atoms with Crippen molar-refractivity contribution in [3.8, 4) is 5.75 Å². The van der Waals surface area contributed by atoms with E-state index in [1.54, 1.807) is 23.5 Å². The maximum absolute atomic E-state index is 13.0. The lowest BCUT2D eigenvalue weighted by Crippen LogP contribution is -1.95. The third-order valence-electron chi connectivity index (χ3n) is 2.87. The fourth-order valence-corrected chi connectivity index (χ4v) is 2.86. The first-order chi connectivity index (χ1) is 9.22. The molecule has 0 aliphatic carbocycles. The Bertz CT molecular complexity index is 723. The van der Waals surface area contributed by atoms with Crippen molar-refractivity contribution < 1.29 is 9.13 Å². The van der Waals surface area contributed by atoms with Gasteiger partial charge in [-0.25, -0.2) is 4.39 Å². The van der Waals surface area contributed by atoms with E-state index in [4.69, 9.17) is 10.5 Å². The summed E-state index contributed by atoms with van der Waals surface area (Å²) in [5.41, 5.74) is 7.59. The van der Waals surface area contributed by atoms with Crippen LogP contribution in [0.5, 0.6) is 5.75 Å². The summed E-state index contributed by atoms with van der Waals surface area (Å²) >= 11 is 1.65. The van der Waals surface area contributed by atoms with Crippen LogP contribution in [0.25, 0.3) is 10.1 Å². The predicted molar refractivity (Wildman–Crippen MR) is 77.0 cm³/mol. The van der Waals surface area contributed by atoms with Gasteiger partial charge in [-0.3, -0.25) is 0 Å². The van der Waals surface area contributed by atoms with Crippen molar-refractivity contribution in [1.82, 2.24) is 0 Å².